The van der Waals surface area contributed by atoms with Gasteiger partial charge in [0.2, 0.25) is 0 Å². The van der Waals surface area contributed by atoms with Crippen molar-refractivity contribution in [3.8, 4) is 0 Å². The topological polar surface area (TPSA) is 76.0 Å². The maximum Gasteiger partial charge on any atom is 0.304 e. The highest BCUT2D eigenvalue weighted by Gasteiger charge is 2.24. The molecular weight excluding hydrogens is 222 g/mol. The quantitative estimate of drug-likeness (QED) is 0.615. The van der Waals surface area contributed by atoms with Gasteiger partial charge in [0.05, 0.1) is 11.1 Å². The average molecular weight is 225 g/mol. The molecule has 1 heterocycles. The second-order valence-electron chi connectivity index (χ2n) is 2.29. The number of nitrogens with zero attached hydrogens (tertiary/aromatic N) is 1. The Bertz CT molecular complexity index is 432. The summed E-state index contributed by atoms with van der Waals surface area (Å²) >= 11 is 5.26. The van der Waals surface area contributed by atoms with Crippen molar-refractivity contribution >= 4 is 17.3 Å². The maximum atomic E-state index is 12.2. The fourth-order valence-corrected chi connectivity index (χ4v) is 1.13. The molecule has 0 aromatic carbocycles. The summed E-state index contributed by atoms with van der Waals surface area (Å²) in [4.78, 5) is 21.9. The smallest absolute Gasteiger partial charge is 0.304 e. The molecule has 0 bridgehead atoms. The maximum absolute atomic E-state index is 12.2. The van der Waals surface area contributed by atoms with E-state index in [0.29, 0.717) is 6.20 Å². The minimum Gasteiger partial charge on any atom is -0.322 e. The van der Waals surface area contributed by atoms with Gasteiger partial charge < -0.3 is 4.98 Å². The lowest BCUT2D eigenvalue weighted by Gasteiger charge is -2.01. The molecule has 76 valence electrons. The number of pyridine rings is 1. The third-order valence-corrected chi connectivity index (χ3v) is 1.86. The molecule has 5 nitrogen and oxygen atoms in total. The second-order valence-corrected chi connectivity index (χ2v) is 2.67. The van der Waals surface area contributed by atoms with Gasteiger partial charge in [0.1, 0.15) is 10.6 Å². The molecule has 0 saturated carbocycles. The summed E-state index contributed by atoms with van der Waals surface area (Å²) in [6.07, 6.45) is -2.47. The van der Waals surface area contributed by atoms with Crippen LogP contribution >= 0.6 is 11.6 Å². The van der Waals surface area contributed by atoms with Crippen LogP contribution in [-0.4, -0.2) is 9.91 Å². The number of H-pyrrole nitrogens is 1. The molecule has 0 unspecified atom stereocenters. The number of rotatable bonds is 2. The van der Waals surface area contributed by atoms with Crippen molar-refractivity contribution in [2.75, 3.05) is 0 Å². The SMILES string of the molecule is O=c1[nH]cc([N+](=O)[O-])c(Cl)c1C(F)F. The highest BCUT2D eigenvalue weighted by atomic mass is 35.5. The molecule has 0 aliphatic heterocycles. The third-order valence-electron chi connectivity index (χ3n) is 1.46. The van der Waals surface area contributed by atoms with Crippen molar-refractivity contribution in [2.24, 2.45) is 0 Å². The van der Waals surface area contributed by atoms with Crippen LogP contribution in [0.5, 0.6) is 0 Å². The van der Waals surface area contributed by atoms with Crippen LogP contribution in [-0.2, 0) is 0 Å². The monoisotopic (exact) mass is 224 g/mol. The average Bonchev–Trinajstić information content (AvgIpc) is 2.02. The van der Waals surface area contributed by atoms with Gasteiger partial charge in [-0.25, -0.2) is 8.78 Å². The van der Waals surface area contributed by atoms with Crippen molar-refractivity contribution in [1.29, 1.82) is 0 Å². The van der Waals surface area contributed by atoms with Gasteiger partial charge in [-0.1, -0.05) is 11.6 Å². The van der Waals surface area contributed by atoms with Crippen LogP contribution in [0.15, 0.2) is 11.0 Å². The predicted octanol–water partition coefficient (Wildman–Crippen LogP) is 1.87. The van der Waals surface area contributed by atoms with E-state index in [2.05, 4.69) is 0 Å². The number of nitro groups is 1. The van der Waals surface area contributed by atoms with Crippen LogP contribution in [0.25, 0.3) is 0 Å². The Morgan fingerprint density at radius 2 is 2.14 bits per heavy atom. The van der Waals surface area contributed by atoms with Crippen LogP contribution < -0.4 is 5.56 Å². The predicted molar refractivity (Wildman–Crippen MR) is 43.7 cm³/mol. The Morgan fingerprint density at radius 3 is 2.57 bits per heavy atom. The summed E-state index contributed by atoms with van der Waals surface area (Å²) in [6, 6.07) is 0. The van der Waals surface area contributed by atoms with Crippen LogP contribution in [0.2, 0.25) is 5.02 Å². The zero-order valence-electron chi connectivity index (χ0n) is 6.46. The molecule has 1 N–H and O–H groups in total. The first-order chi connectivity index (χ1) is 6.45. The first kappa shape index (κ1) is 10.6. The van der Waals surface area contributed by atoms with Crippen molar-refractivity contribution in [1.82, 2.24) is 4.98 Å². The highest BCUT2D eigenvalue weighted by molar-refractivity contribution is 6.33. The van der Waals surface area contributed by atoms with Crippen LogP contribution in [0.1, 0.15) is 12.0 Å². The summed E-state index contributed by atoms with van der Waals surface area (Å²) in [5, 5.41) is 9.44. The normalized spacial score (nSPS) is 10.6. The number of hydrogen-bond acceptors (Lipinski definition) is 3. The van der Waals surface area contributed by atoms with E-state index in [1.165, 1.54) is 0 Å². The van der Waals surface area contributed by atoms with Gasteiger partial charge in [-0.3, -0.25) is 14.9 Å². The van der Waals surface area contributed by atoms with Crippen LogP contribution in [0.4, 0.5) is 14.5 Å². The van der Waals surface area contributed by atoms with Gasteiger partial charge >= 0.3 is 5.69 Å². The lowest BCUT2D eigenvalue weighted by atomic mass is 10.2. The van der Waals surface area contributed by atoms with Crippen molar-refractivity contribution in [3.05, 3.63) is 37.3 Å². The lowest BCUT2D eigenvalue weighted by molar-refractivity contribution is -0.385. The molecule has 0 fully saturated rings. The zero-order valence-corrected chi connectivity index (χ0v) is 7.22. The molecule has 0 aliphatic carbocycles. The molecule has 8 heteroatoms. The summed E-state index contributed by atoms with van der Waals surface area (Å²) in [5.41, 5.74) is -2.96. The number of alkyl halides is 2. The standard InChI is InChI=1S/C6H3ClF2N2O3/c7-4-2(11(13)14)1-10-6(12)3(4)5(8)9/h1,5H,(H,10,12). The van der Waals surface area contributed by atoms with E-state index in [0.717, 1.165) is 0 Å². The minimum absolute atomic E-state index is 0.677. The molecule has 0 amide bonds. The number of aromatic amines is 1. The molecule has 1 aromatic heterocycles. The molecule has 0 atom stereocenters. The molecule has 1 rings (SSSR count). The van der Waals surface area contributed by atoms with Gasteiger partial charge in [-0.2, -0.15) is 0 Å². The van der Waals surface area contributed by atoms with Gasteiger partial charge in [0.25, 0.3) is 12.0 Å². The Balaban J connectivity index is 3.49. The Morgan fingerprint density at radius 1 is 1.57 bits per heavy atom. The van der Waals surface area contributed by atoms with E-state index in [-0.39, 0.29) is 0 Å². The summed E-state index contributed by atoms with van der Waals surface area (Å²) in [7, 11) is 0. The van der Waals surface area contributed by atoms with E-state index < -0.39 is 33.2 Å². The number of hydrogen-bond donors (Lipinski definition) is 1. The highest BCUT2D eigenvalue weighted by Crippen LogP contribution is 2.30. The van der Waals surface area contributed by atoms with Crippen molar-refractivity contribution in [2.45, 2.75) is 6.43 Å². The summed E-state index contributed by atoms with van der Waals surface area (Å²) in [6.45, 7) is 0. The van der Waals surface area contributed by atoms with E-state index in [1.54, 1.807) is 0 Å². The van der Waals surface area contributed by atoms with E-state index >= 15 is 0 Å². The molecule has 14 heavy (non-hydrogen) atoms. The first-order valence-electron chi connectivity index (χ1n) is 3.28. The molecule has 0 spiro atoms. The molecule has 1 aromatic rings. The van der Waals surface area contributed by atoms with Crippen LogP contribution in [0, 0.1) is 10.1 Å². The molecule has 0 saturated heterocycles. The van der Waals surface area contributed by atoms with E-state index in [4.69, 9.17) is 11.6 Å². The summed E-state index contributed by atoms with van der Waals surface area (Å²) in [5.74, 6) is 0. The lowest BCUT2D eigenvalue weighted by Crippen LogP contribution is -2.14. The Kier molecular flexibility index (Phi) is 2.80. The van der Waals surface area contributed by atoms with Gasteiger partial charge in [-0.15, -0.1) is 0 Å². The van der Waals surface area contributed by atoms with Gasteiger partial charge in [0.15, 0.2) is 0 Å². The third kappa shape index (κ3) is 1.72. The van der Waals surface area contributed by atoms with Crippen molar-refractivity contribution in [3.63, 3.8) is 0 Å². The summed E-state index contributed by atoms with van der Waals surface area (Å²) < 4.78 is 24.4. The van der Waals surface area contributed by atoms with Gasteiger partial charge in [-0.05, 0) is 0 Å². The minimum atomic E-state index is -3.15. The molecular formula is C6H3ClF2N2O3. The fraction of sp³-hybridized carbons (Fsp3) is 0.167. The largest absolute Gasteiger partial charge is 0.322 e. The van der Waals surface area contributed by atoms with Crippen molar-refractivity contribution < 1.29 is 13.7 Å². The fourth-order valence-electron chi connectivity index (χ4n) is 0.840. The molecule has 0 radical (unpaired) electrons. The Labute approximate surface area is 80.5 Å². The van der Waals surface area contributed by atoms with E-state index in [1.807, 2.05) is 4.98 Å². The van der Waals surface area contributed by atoms with Gasteiger partial charge in [0, 0.05) is 0 Å². The zero-order chi connectivity index (χ0) is 10.9. The number of aromatic nitrogens is 1. The van der Waals surface area contributed by atoms with Crippen LogP contribution in [0.3, 0.4) is 0 Å². The number of halogens is 3. The van der Waals surface area contributed by atoms with E-state index in [9.17, 15) is 23.7 Å². The number of nitrogens with one attached hydrogen (secondary N) is 1. The second kappa shape index (κ2) is 3.70. The first-order valence-corrected chi connectivity index (χ1v) is 3.66. The molecule has 0 aliphatic rings. The Hall–Kier alpha value is -1.50.